The molecule has 43 heavy (non-hydrogen) atoms. The number of nitrogens with zero attached hydrogens (tertiary/aromatic N) is 3. The topological polar surface area (TPSA) is 124 Å². The summed E-state index contributed by atoms with van der Waals surface area (Å²) >= 11 is 1.13. The molecule has 0 atom stereocenters. The van der Waals surface area contributed by atoms with Crippen LogP contribution in [0.3, 0.4) is 0 Å². The van der Waals surface area contributed by atoms with Gasteiger partial charge in [0.15, 0.2) is 11.6 Å². The highest BCUT2D eigenvalue weighted by Crippen LogP contribution is 2.47. The van der Waals surface area contributed by atoms with Crippen LogP contribution in [0.2, 0.25) is 0 Å². The first-order valence-electron chi connectivity index (χ1n) is 13.8. The average molecular weight is 602 g/mol. The zero-order valence-corrected chi connectivity index (χ0v) is 24.3. The number of hydrogen-bond acceptors (Lipinski definition) is 7. The predicted molar refractivity (Wildman–Crippen MR) is 161 cm³/mol. The van der Waals surface area contributed by atoms with Gasteiger partial charge in [-0.05, 0) is 57.0 Å². The third kappa shape index (κ3) is 5.08. The van der Waals surface area contributed by atoms with Crippen LogP contribution in [0, 0.1) is 12.7 Å². The lowest BCUT2D eigenvalue weighted by Crippen LogP contribution is -2.38. The van der Waals surface area contributed by atoms with E-state index in [-0.39, 0.29) is 35.1 Å². The van der Waals surface area contributed by atoms with Crippen molar-refractivity contribution in [2.24, 2.45) is 0 Å². The maximum atomic E-state index is 15.5. The molecule has 10 nitrogen and oxygen atoms in total. The number of carbonyl (C=O) groups is 3. The second-order valence-corrected chi connectivity index (χ2v) is 11.2. The standard InChI is InChI=1S/C31H28FN5O5S/c1-17-21(10-11-23(26(17)32)42-19-7-4-3-5-8-19)37-22-12-14-33-30-25(22)27(35-31(37)41)28(43-30)29(40)34-20-9-6-15-36(18(20)2)24(39)13-16-38/h3-5,7-8,10-12,14,38H,6,9,13,15-16H2,1-2H3,(H,34,40)(H,35,41). The fourth-order valence-electron chi connectivity index (χ4n) is 5.38. The van der Waals surface area contributed by atoms with Crippen molar-refractivity contribution in [3.63, 3.8) is 0 Å². The van der Waals surface area contributed by atoms with Gasteiger partial charge in [-0.1, -0.05) is 18.2 Å². The summed E-state index contributed by atoms with van der Waals surface area (Å²) < 4.78 is 21.2. The number of carbonyl (C=O) groups excluding carboxylic acids is 3. The number of aromatic nitrogens is 1. The number of nitrogens with one attached hydrogen (secondary N) is 2. The van der Waals surface area contributed by atoms with Gasteiger partial charge in [0.1, 0.15) is 15.5 Å². The highest BCUT2D eigenvalue weighted by Gasteiger charge is 2.34. The molecule has 3 N–H and O–H groups in total. The molecule has 2 aliphatic rings. The first-order chi connectivity index (χ1) is 20.8. The van der Waals surface area contributed by atoms with Crippen LogP contribution >= 0.6 is 11.3 Å². The molecule has 6 rings (SSSR count). The van der Waals surface area contributed by atoms with Gasteiger partial charge in [0.05, 0.1) is 35.5 Å². The van der Waals surface area contributed by atoms with Crippen molar-refractivity contribution < 1.29 is 28.6 Å². The van der Waals surface area contributed by atoms with Gasteiger partial charge in [-0.2, -0.15) is 0 Å². The van der Waals surface area contributed by atoms with Crippen molar-refractivity contribution in [2.45, 2.75) is 33.1 Å². The Labute approximate surface area is 250 Å². The van der Waals surface area contributed by atoms with Crippen LogP contribution in [0.25, 0.3) is 10.2 Å². The summed E-state index contributed by atoms with van der Waals surface area (Å²) in [6.45, 7) is 3.59. The van der Waals surface area contributed by atoms with Gasteiger partial charge >= 0.3 is 6.03 Å². The Kier molecular flexibility index (Phi) is 7.55. The molecule has 0 aliphatic carbocycles. The number of benzene rings is 2. The highest BCUT2D eigenvalue weighted by atomic mass is 32.1. The molecular formula is C31H28FN5O5S. The molecule has 2 aromatic heterocycles. The number of aliphatic hydroxyl groups excluding tert-OH is 1. The van der Waals surface area contributed by atoms with E-state index in [4.69, 9.17) is 4.74 Å². The Balaban J connectivity index is 1.34. The molecule has 12 heteroatoms. The Morgan fingerprint density at radius 3 is 2.70 bits per heavy atom. The summed E-state index contributed by atoms with van der Waals surface area (Å²) in [7, 11) is 0. The van der Waals surface area contributed by atoms with E-state index in [1.807, 2.05) is 6.07 Å². The van der Waals surface area contributed by atoms with E-state index < -0.39 is 17.8 Å². The zero-order valence-electron chi connectivity index (χ0n) is 23.4. The molecular weight excluding hydrogens is 573 g/mol. The van der Waals surface area contributed by atoms with E-state index in [1.54, 1.807) is 61.3 Å². The van der Waals surface area contributed by atoms with Crippen LogP contribution in [0.4, 0.5) is 26.2 Å². The van der Waals surface area contributed by atoms with E-state index in [0.29, 0.717) is 63.8 Å². The number of hydrogen-bond donors (Lipinski definition) is 3. The third-order valence-corrected chi connectivity index (χ3v) is 8.62. The number of ether oxygens (including phenoxy) is 1. The number of para-hydroxylation sites is 1. The van der Waals surface area contributed by atoms with Gasteiger partial charge in [-0.15, -0.1) is 11.3 Å². The minimum absolute atomic E-state index is 0.00214. The number of thiophene rings is 1. The van der Waals surface area contributed by atoms with E-state index in [9.17, 15) is 19.5 Å². The molecule has 0 bridgehead atoms. The lowest BCUT2D eigenvalue weighted by molar-refractivity contribution is -0.130. The normalized spacial score (nSPS) is 14.7. The molecule has 4 aromatic rings. The summed E-state index contributed by atoms with van der Waals surface area (Å²) in [6, 6.07) is 13.1. The van der Waals surface area contributed by atoms with Crippen molar-refractivity contribution in [1.29, 1.82) is 0 Å². The maximum absolute atomic E-state index is 15.5. The number of pyridine rings is 1. The van der Waals surface area contributed by atoms with Gasteiger partial charge in [0.2, 0.25) is 5.91 Å². The number of urea groups is 1. The number of allylic oxidation sites excluding steroid dienone is 2. The van der Waals surface area contributed by atoms with Crippen molar-refractivity contribution in [2.75, 3.05) is 23.4 Å². The van der Waals surface area contributed by atoms with Crippen LogP contribution < -0.4 is 20.3 Å². The fourth-order valence-corrected chi connectivity index (χ4v) is 6.40. The monoisotopic (exact) mass is 601 g/mol. The molecule has 4 heterocycles. The van der Waals surface area contributed by atoms with Gasteiger partial charge in [-0.3, -0.25) is 14.5 Å². The molecule has 0 saturated carbocycles. The number of anilines is 3. The second kappa shape index (κ2) is 11.5. The molecule has 220 valence electrons. The van der Waals surface area contributed by atoms with Crippen molar-refractivity contribution >= 4 is 56.5 Å². The lowest BCUT2D eigenvalue weighted by atomic mass is 10.1. The second-order valence-electron chi connectivity index (χ2n) is 10.2. The first kappa shape index (κ1) is 28.3. The molecule has 0 radical (unpaired) electrons. The summed E-state index contributed by atoms with van der Waals surface area (Å²) in [5.74, 6) is -0.733. The number of amides is 4. The van der Waals surface area contributed by atoms with Crippen molar-refractivity contribution in [3.05, 3.63) is 82.4 Å². The summed E-state index contributed by atoms with van der Waals surface area (Å²) in [5, 5.41) is 15.5. The number of rotatable bonds is 7. The number of aliphatic hydroxyl groups is 1. The van der Waals surface area contributed by atoms with Gasteiger partial charge in [0, 0.05) is 29.7 Å². The first-order valence-corrected chi connectivity index (χ1v) is 14.6. The molecule has 0 fully saturated rings. The van der Waals surface area contributed by atoms with Gasteiger partial charge in [0.25, 0.3) is 5.91 Å². The largest absolute Gasteiger partial charge is 0.454 e. The smallest absolute Gasteiger partial charge is 0.331 e. The Bertz CT molecular complexity index is 1810. The molecule has 0 saturated heterocycles. The van der Waals surface area contributed by atoms with Crippen LogP contribution in [0.1, 0.15) is 41.4 Å². The molecule has 0 spiro atoms. The number of halogens is 1. The van der Waals surface area contributed by atoms with E-state index in [0.717, 1.165) is 11.3 Å². The predicted octanol–water partition coefficient (Wildman–Crippen LogP) is 6.19. The molecule has 2 aromatic carbocycles. The highest BCUT2D eigenvalue weighted by molar-refractivity contribution is 7.21. The van der Waals surface area contributed by atoms with Gasteiger partial charge < -0.3 is 25.4 Å². The Morgan fingerprint density at radius 1 is 1.14 bits per heavy atom. The maximum Gasteiger partial charge on any atom is 0.331 e. The Hall–Kier alpha value is -4.81. The van der Waals surface area contributed by atoms with Gasteiger partial charge in [-0.25, -0.2) is 14.2 Å². The fraction of sp³-hybridized carbons (Fsp3) is 0.226. The minimum atomic E-state index is -0.599. The SMILES string of the molecule is CC1=C(NC(=O)c2sc3nccc4c3c2NC(=O)N4c2ccc(Oc3ccccc3)c(F)c2C)CCCN1C(=O)CCO. The minimum Gasteiger partial charge on any atom is -0.454 e. The van der Waals surface area contributed by atoms with E-state index >= 15 is 4.39 Å². The Morgan fingerprint density at radius 2 is 1.93 bits per heavy atom. The van der Waals surface area contributed by atoms with Crippen LogP contribution in [-0.4, -0.2) is 46.0 Å². The van der Waals surface area contributed by atoms with Crippen LogP contribution in [-0.2, 0) is 4.79 Å². The van der Waals surface area contributed by atoms with Crippen molar-refractivity contribution in [3.8, 4) is 11.5 Å². The summed E-state index contributed by atoms with van der Waals surface area (Å²) in [5.41, 5.74) is 2.55. The summed E-state index contributed by atoms with van der Waals surface area (Å²) in [6.07, 6.45) is 2.77. The lowest BCUT2D eigenvalue weighted by Gasteiger charge is -2.31. The van der Waals surface area contributed by atoms with E-state index in [2.05, 4.69) is 15.6 Å². The molecule has 4 amide bonds. The molecule has 0 unspecified atom stereocenters. The van der Waals surface area contributed by atoms with Crippen LogP contribution in [0.5, 0.6) is 11.5 Å². The third-order valence-electron chi connectivity index (χ3n) is 7.53. The van der Waals surface area contributed by atoms with Crippen molar-refractivity contribution in [1.82, 2.24) is 15.2 Å². The van der Waals surface area contributed by atoms with E-state index in [1.165, 1.54) is 11.0 Å². The van der Waals surface area contributed by atoms with Crippen LogP contribution in [0.15, 0.2) is 66.1 Å². The molecule has 2 aliphatic heterocycles. The zero-order chi connectivity index (χ0) is 30.2. The quantitative estimate of drug-likeness (QED) is 0.232. The average Bonchev–Trinajstić information content (AvgIpc) is 3.37. The summed E-state index contributed by atoms with van der Waals surface area (Å²) in [4.78, 5) is 47.7.